The van der Waals surface area contributed by atoms with Crippen molar-refractivity contribution >= 4 is 28.9 Å². The standard InChI is InChI=1S/C18H17F2N3O3/c19-13-6-5-12(11-14(13)20)21-17(24)18(25)22-15-3-1-2-4-16(15)23-7-9-26-10-8-23/h1-6,11H,7-10H2,(H,21,24)(H,22,25). The van der Waals surface area contributed by atoms with Gasteiger partial charge in [-0.2, -0.15) is 0 Å². The van der Waals surface area contributed by atoms with Crippen LogP contribution in [0.4, 0.5) is 25.8 Å². The van der Waals surface area contributed by atoms with Crippen molar-refractivity contribution in [3.8, 4) is 0 Å². The molecule has 2 aromatic carbocycles. The largest absolute Gasteiger partial charge is 0.378 e. The Kier molecular flexibility index (Phi) is 5.43. The Balaban J connectivity index is 1.69. The van der Waals surface area contributed by atoms with E-state index in [1.54, 1.807) is 12.1 Å². The highest BCUT2D eigenvalue weighted by Gasteiger charge is 2.19. The molecule has 1 heterocycles. The fourth-order valence-electron chi connectivity index (χ4n) is 2.60. The molecule has 3 rings (SSSR count). The molecule has 8 heteroatoms. The second-order valence-corrected chi connectivity index (χ2v) is 5.65. The van der Waals surface area contributed by atoms with Crippen LogP contribution in [-0.4, -0.2) is 38.1 Å². The molecule has 1 aliphatic heterocycles. The molecule has 1 fully saturated rings. The van der Waals surface area contributed by atoms with Gasteiger partial charge in [-0.3, -0.25) is 9.59 Å². The van der Waals surface area contributed by atoms with Gasteiger partial charge >= 0.3 is 11.8 Å². The predicted molar refractivity (Wildman–Crippen MR) is 93.1 cm³/mol. The predicted octanol–water partition coefficient (Wildman–Crippen LogP) is 2.38. The van der Waals surface area contributed by atoms with Crippen molar-refractivity contribution in [2.75, 3.05) is 41.8 Å². The molecule has 0 atom stereocenters. The number of hydrogen-bond donors (Lipinski definition) is 2. The number of morpholine rings is 1. The Morgan fingerprint density at radius 1 is 0.923 bits per heavy atom. The van der Waals surface area contributed by atoms with Crippen LogP contribution in [0.3, 0.4) is 0 Å². The molecule has 6 nitrogen and oxygen atoms in total. The number of nitrogens with zero attached hydrogens (tertiary/aromatic N) is 1. The summed E-state index contributed by atoms with van der Waals surface area (Å²) in [5, 5.41) is 4.79. The lowest BCUT2D eigenvalue weighted by Crippen LogP contribution is -2.37. The zero-order valence-corrected chi connectivity index (χ0v) is 13.8. The van der Waals surface area contributed by atoms with E-state index >= 15 is 0 Å². The second kappa shape index (κ2) is 7.92. The lowest BCUT2D eigenvalue weighted by molar-refractivity contribution is -0.132. The van der Waals surface area contributed by atoms with Gasteiger partial charge in [0.05, 0.1) is 24.6 Å². The molecule has 136 valence electrons. The maximum Gasteiger partial charge on any atom is 0.314 e. The molecule has 2 N–H and O–H groups in total. The number of anilines is 3. The van der Waals surface area contributed by atoms with Crippen molar-refractivity contribution in [3.63, 3.8) is 0 Å². The number of hydrogen-bond acceptors (Lipinski definition) is 4. The molecule has 0 spiro atoms. The smallest absolute Gasteiger partial charge is 0.314 e. The fourth-order valence-corrected chi connectivity index (χ4v) is 2.60. The van der Waals surface area contributed by atoms with Crippen LogP contribution in [0.5, 0.6) is 0 Å². The quantitative estimate of drug-likeness (QED) is 0.824. The number of amides is 2. The average Bonchev–Trinajstić information content (AvgIpc) is 2.66. The van der Waals surface area contributed by atoms with Crippen molar-refractivity contribution in [3.05, 3.63) is 54.1 Å². The Hall–Kier alpha value is -3.00. The molecule has 0 saturated carbocycles. The molecule has 2 amide bonds. The third-order valence-corrected chi connectivity index (χ3v) is 3.89. The van der Waals surface area contributed by atoms with Gasteiger partial charge in [0.1, 0.15) is 0 Å². The first-order valence-electron chi connectivity index (χ1n) is 8.04. The van der Waals surface area contributed by atoms with Crippen molar-refractivity contribution in [1.82, 2.24) is 0 Å². The molecule has 2 aromatic rings. The van der Waals surface area contributed by atoms with Gasteiger partial charge in [-0.25, -0.2) is 8.78 Å². The number of benzene rings is 2. The summed E-state index contributed by atoms with van der Waals surface area (Å²) in [6.07, 6.45) is 0. The summed E-state index contributed by atoms with van der Waals surface area (Å²) in [7, 11) is 0. The highest BCUT2D eigenvalue weighted by atomic mass is 19.2. The SMILES string of the molecule is O=C(Nc1ccc(F)c(F)c1)C(=O)Nc1ccccc1N1CCOCC1. The summed E-state index contributed by atoms with van der Waals surface area (Å²) in [4.78, 5) is 26.2. The first-order chi connectivity index (χ1) is 12.5. The molecule has 0 radical (unpaired) electrons. The van der Waals surface area contributed by atoms with Crippen molar-refractivity contribution < 1.29 is 23.1 Å². The van der Waals surface area contributed by atoms with Gasteiger partial charge in [-0.1, -0.05) is 12.1 Å². The summed E-state index contributed by atoms with van der Waals surface area (Å²) in [5.41, 5.74) is 1.26. The van der Waals surface area contributed by atoms with Gasteiger partial charge in [-0.05, 0) is 24.3 Å². The van der Waals surface area contributed by atoms with E-state index in [0.29, 0.717) is 32.0 Å². The van der Waals surface area contributed by atoms with Crippen LogP contribution in [-0.2, 0) is 14.3 Å². The zero-order valence-electron chi connectivity index (χ0n) is 13.8. The van der Waals surface area contributed by atoms with E-state index in [2.05, 4.69) is 10.6 Å². The summed E-state index contributed by atoms with van der Waals surface area (Å²) in [6, 6.07) is 9.96. The van der Waals surface area contributed by atoms with Crippen LogP contribution in [0.15, 0.2) is 42.5 Å². The summed E-state index contributed by atoms with van der Waals surface area (Å²) < 4.78 is 31.4. The van der Waals surface area contributed by atoms with Crippen LogP contribution in [0, 0.1) is 11.6 Å². The Bertz CT molecular complexity index is 823. The van der Waals surface area contributed by atoms with E-state index in [1.165, 1.54) is 6.07 Å². The van der Waals surface area contributed by atoms with E-state index in [0.717, 1.165) is 17.8 Å². The fraction of sp³-hybridized carbons (Fsp3) is 0.222. The number of halogens is 2. The number of ether oxygens (including phenoxy) is 1. The minimum absolute atomic E-state index is 0.00878. The van der Waals surface area contributed by atoms with Gasteiger partial charge in [0.15, 0.2) is 11.6 Å². The minimum atomic E-state index is -1.11. The first-order valence-corrected chi connectivity index (χ1v) is 8.04. The monoisotopic (exact) mass is 361 g/mol. The number of carbonyl (C=O) groups excluding carboxylic acids is 2. The van der Waals surface area contributed by atoms with Gasteiger partial charge in [-0.15, -0.1) is 0 Å². The van der Waals surface area contributed by atoms with Gasteiger partial charge in [0.2, 0.25) is 0 Å². The minimum Gasteiger partial charge on any atom is -0.378 e. The third-order valence-electron chi connectivity index (χ3n) is 3.89. The van der Waals surface area contributed by atoms with Crippen molar-refractivity contribution in [2.45, 2.75) is 0 Å². The number of para-hydroxylation sites is 2. The first kappa shape index (κ1) is 17.8. The van der Waals surface area contributed by atoms with Crippen LogP contribution < -0.4 is 15.5 Å². The maximum atomic E-state index is 13.2. The average molecular weight is 361 g/mol. The summed E-state index contributed by atoms with van der Waals surface area (Å²) >= 11 is 0. The molecule has 0 aliphatic carbocycles. The molecule has 1 aliphatic rings. The molecule has 0 bridgehead atoms. The van der Waals surface area contributed by atoms with Crippen LogP contribution in [0.25, 0.3) is 0 Å². The summed E-state index contributed by atoms with van der Waals surface area (Å²) in [5.74, 6) is -4.03. The lowest BCUT2D eigenvalue weighted by atomic mass is 10.2. The van der Waals surface area contributed by atoms with E-state index in [1.807, 2.05) is 17.0 Å². The molecule has 0 aromatic heterocycles. The normalized spacial score (nSPS) is 14.0. The molecule has 1 saturated heterocycles. The number of nitrogens with one attached hydrogen (secondary N) is 2. The highest BCUT2D eigenvalue weighted by Crippen LogP contribution is 2.26. The zero-order chi connectivity index (χ0) is 18.5. The maximum absolute atomic E-state index is 13.2. The number of rotatable bonds is 3. The van der Waals surface area contributed by atoms with Crippen LogP contribution >= 0.6 is 0 Å². The second-order valence-electron chi connectivity index (χ2n) is 5.65. The summed E-state index contributed by atoms with van der Waals surface area (Å²) in [6.45, 7) is 2.51. The van der Waals surface area contributed by atoms with Gasteiger partial charge in [0.25, 0.3) is 0 Å². The van der Waals surface area contributed by atoms with Crippen LogP contribution in [0.1, 0.15) is 0 Å². The van der Waals surface area contributed by atoms with Crippen molar-refractivity contribution in [2.24, 2.45) is 0 Å². The van der Waals surface area contributed by atoms with E-state index < -0.39 is 23.4 Å². The molecule has 0 unspecified atom stereocenters. The van der Waals surface area contributed by atoms with E-state index in [4.69, 9.17) is 4.74 Å². The highest BCUT2D eigenvalue weighted by molar-refractivity contribution is 6.43. The van der Waals surface area contributed by atoms with E-state index in [9.17, 15) is 18.4 Å². The number of carbonyl (C=O) groups is 2. The Morgan fingerprint density at radius 3 is 2.35 bits per heavy atom. The third kappa shape index (κ3) is 4.15. The Labute approximate surface area is 148 Å². The lowest BCUT2D eigenvalue weighted by Gasteiger charge is -2.30. The molecule has 26 heavy (non-hydrogen) atoms. The van der Waals surface area contributed by atoms with Crippen molar-refractivity contribution in [1.29, 1.82) is 0 Å². The van der Waals surface area contributed by atoms with E-state index in [-0.39, 0.29) is 5.69 Å². The van der Waals surface area contributed by atoms with Gasteiger partial charge in [0, 0.05) is 24.8 Å². The Morgan fingerprint density at radius 2 is 1.62 bits per heavy atom. The molecular formula is C18H17F2N3O3. The van der Waals surface area contributed by atoms with Gasteiger partial charge < -0.3 is 20.3 Å². The van der Waals surface area contributed by atoms with Crippen LogP contribution in [0.2, 0.25) is 0 Å². The molecular weight excluding hydrogens is 344 g/mol. The topological polar surface area (TPSA) is 70.7 Å².